The molecular formula is C14H16N4O3S. The van der Waals surface area contributed by atoms with Gasteiger partial charge in [0.1, 0.15) is 5.69 Å². The van der Waals surface area contributed by atoms with Crippen molar-refractivity contribution in [3.63, 3.8) is 0 Å². The number of thiazole rings is 1. The molecule has 0 aliphatic rings. The molecule has 7 nitrogen and oxygen atoms in total. The average molecular weight is 320 g/mol. The lowest BCUT2D eigenvalue weighted by Crippen LogP contribution is -2.26. The Morgan fingerprint density at radius 3 is 2.68 bits per heavy atom. The molecule has 3 N–H and O–H groups in total. The molecule has 0 unspecified atom stereocenters. The Hall–Kier alpha value is -2.32. The van der Waals surface area contributed by atoms with Crippen LogP contribution in [0.5, 0.6) is 0 Å². The maximum atomic E-state index is 11.9. The van der Waals surface area contributed by atoms with Gasteiger partial charge in [-0.05, 0) is 18.5 Å². The van der Waals surface area contributed by atoms with E-state index in [9.17, 15) is 14.9 Å². The van der Waals surface area contributed by atoms with E-state index in [0.717, 1.165) is 10.6 Å². The average Bonchev–Trinajstić information content (AvgIpc) is 2.97. The first-order valence-corrected chi connectivity index (χ1v) is 7.64. The lowest BCUT2D eigenvalue weighted by Gasteiger charge is -2.03. The summed E-state index contributed by atoms with van der Waals surface area (Å²) in [5.41, 5.74) is 6.83. The van der Waals surface area contributed by atoms with Crippen LogP contribution in [0.25, 0.3) is 0 Å². The van der Waals surface area contributed by atoms with Gasteiger partial charge in [-0.3, -0.25) is 14.9 Å². The molecule has 116 valence electrons. The molecule has 2 rings (SSSR count). The van der Waals surface area contributed by atoms with Gasteiger partial charge in [0.05, 0.1) is 9.93 Å². The van der Waals surface area contributed by atoms with E-state index >= 15 is 0 Å². The Morgan fingerprint density at radius 1 is 1.32 bits per heavy atom. The molecule has 22 heavy (non-hydrogen) atoms. The highest BCUT2D eigenvalue weighted by Gasteiger charge is 2.10. The molecule has 0 radical (unpaired) electrons. The fourth-order valence-corrected chi connectivity index (χ4v) is 2.64. The van der Waals surface area contributed by atoms with E-state index in [1.807, 2.05) is 0 Å². The Kier molecular flexibility index (Phi) is 5.56. The molecule has 0 aliphatic heterocycles. The Morgan fingerprint density at radius 2 is 2.05 bits per heavy atom. The largest absolute Gasteiger partial charge is 0.350 e. The molecule has 0 fully saturated rings. The van der Waals surface area contributed by atoms with Gasteiger partial charge in [-0.15, -0.1) is 11.3 Å². The molecule has 0 bridgehead atoms. The number of benzene rings is 1. The van der Waals surface area contributed by atoms with Gasteiger partial charge in [0, 0.05) is 30.5 Å². The van der Waals surface area contributed by atoms with Crippen LogP contribution in [0.2, 0.25) is 0 Å². The molecule has 1 aromatic carbocycles. The van der Waals surface area contributed by atoms with Gasteiger partial charge in [-0.25, -0.2) is 4.98 Å². The van der Waals surface area contributed by atoms with Gasteiger partial charge in [-0.1, -0.05) is 12.1 Å². The van der Waals surface area contributed by atoms with Crippen molar-refractivity contribution in [3.05, 3.63) is 56.0 Å². The summed E-state index contributed by atoms with van der Waals surface area (Å²) in [6.07, 6.45) is 1.27. The first kappa shape index (κ1) is 16.1. The number of carbonyl (C=O) groups is 1. The van der Waals surface area contributed by atoms with E-state index in [2.05, 4.69) is 10.3 Å². The van der Waals surface area contributed by atoms with Crippen molar-refractivity contribution in [1.29, 1.82) is 0 Å². The van der Waals surface area contributed by atoms with E-state index < -0.39 is 4.92 Å². The van der Waals surface area contributed by atoms with Gasteiger partial charge < -0.3 is 11.1 Å². The van der Waals surface area contributed by atoms with Crippen LogP contribution >= 0.6 is 11.3 Å². The monoisotopic (exact) mass is 320 g/mol. The molecule has 1 amide bonds. The topological polar surface area (TPSA) is 111 Å². The number of amides is 1. The summed E-state index contributed by atoms with van der Waals surface area (Å²) in [4.78, 5) is 26.2. The molecule has 8 heteroatoms. The summed E-state index contributed by atoms with van der Waals surface area (Å²) >= 11 is 1.42. The van der Waals surface area contributed by atoms with Crippen LogP contribution in [0.15, 0.2) is 29.6 Å². The molecule has 1 aromatic heterocycles. The third kappa shape index (κ3) is 4.34. The first-order valence-electron chi connectivity index (χ1n) is 6.76. The SMILES string of the molecule is NCCc1nc(C(=O)NCCc2ccc([N+](=O)[O-])cc2)cs1. The predicted molar refractivity (Wildman–Crippen MR) is 84.0 cm³/mol. The van der Waals surface area contributed by atoms with Crippen LogP contribution in [0.3, 0.4) is 0 Å². The van der Waals surface area contributed by atoms with Gasteiger partial charge in [0.25, 0.3) is 11.6 Å². The van der Waals surface area contributed by atoms with E-state index in [-0.39, 0.29) is 11.6 Å². The summed E-state index contributed by atoms with van der Waals surface area (Å²) < 4.78 is 0. The Bertz CT molecular complexity index is 654. The number of nitrogens with one attached hydrogen (secondary N) is 1. The lowest BCUT2D eigenvalue weighted by atomic mass is 10.1. The number of aromatic nitrogens is 1. The number of hydrogen-bond donors (Lipinski definition) is 2. The molecule has 0 saturated heterocycles. The van der Waals surface area contributed by atoms with Gasteiger partial charge >= 0.3 is 0 Å². The van der Waals surface area contributed by atoms with E-state index in [0.29, 0.717) is 31.6 Å². The minimum Gasteiger partial charge on any atom is -0.350 e. The minimum absolute atomic E-state index is 0.0580. The van der Waals surface area contributed by atoms with Crippen molar-refractivity contribution in [2.24, 2.45) is 5.73 Å². The van der Waals surface area contributed by atoms with Gasteiger partial charge in [0.2, 0.25) is 0 Å². The number of nitro benzene ring substituents is 1. The van der Waals surface area contributed by atoms with E-state index in [4.69, 9.17) is 5.73 Å². The van der Waals surface area contributed by atoms with Crippen LogP contribution in [0.1, 0.15) is 21.1 Å². The standard InChI is InChI=1S/C14H16N4O3S/c15-7-5-13-17-12(9-22-13)14(19)16-8-6-10-1-3-11(4-2-10)18(20)21/h1-4,9H,5-8,15H2,(H,16,19). The normalized spacial score (nSPS) is 10.4. The third-order valence-electron chi connectivity index (χ3n) is 2.99. The summed E-state index contributed by atoms with van der Waals surface area (Å²) in [7, 11) is 0. The smallest absolute Gasteiger partial charge is 0.270 e. The van der Waals surface area contributed by atoms with Crippen LogP contribution in [0, 0.1) is 10.1 Å². The van der Waals surface area contributed by atoms with E-state index in [1.54, 1.807) is 17.5 Å². The van der Waals surface area contributed by atoms with Gasteiger partial charge in [-0.2, -0.15) is 0 Å². The first-order chi connectivity index (χ1) is 10.6. The summed E-state index contributed by atoms with van der Waals surface area (Å²) in [6.45, 7) is 0.953. The van der Waals surface area contributed by atoms with Crippen molar-refractivity contribution in [2.45, 2.75) is 12.8 Å². The fourth-order valence-electron chi connectivity index (χ4n) is 1.85. The number of carbonyl (C=O) groups excluding carboxylic acids is 1. The molecule has 2 aromatic rings. The van der Waals surface area contributed by atoms with Crippen LogP contribution in [0.4, 0.5) is 5.69 Å². The molecule has 0 aliphatic carbocycles. The molecule has 1 heterocycles. The van der Waals surface area contributed by atoms with Crippen molar-refractivity contribution < 1.29 is 9.72 Å². The van der Waals surface area contributed by atoms with Crippen molar-refractivity contribution in [2.75, 3.05) is 13.1 Å². The zero-order chi connectivity index (χ0) is 15.9. The fraction of sp³-hybridized carbons (Fsp3) is 0.286. The highest BCUT2D eigenvalue weighted by Crippen LogP contribution is 2.12. The summed E-state index contributed by atoms with van der Waals surface area (Å²) in [6, 6.07) is 6.28. The maximum absolute atomic E-state index is 11.9. The highest BCUT2D eigenvalue weighted by molar-refractivity contribution is 7.09. The molecule has 0 atom stereocenters. The van der Waals surface area contributed by atoms with Crippen LogP contribution in [-0.2, 0) is 12.8 Å². The van der Waals surface area contributed by atoms with Crippen molar-refractivity contribution in [1.82, 2.24) is 10.3 Å². The number of nitrogens with two attached hydrogens (primary N) is 1. The summed E-state index contributed by atoms with van der Waals surface area (Å²) in [5, 5.41) is 15.9. The van der Waals surface area contributed by atoms with Gasteiger partial charge in [0.15, 0.2) is 0 Å². The molecule has 0 spiro atoms. The Balaban J connectivity index is 1.82. The van der Waals surface area contributed by atoms with Crippen molar-refractivity contribution >= 4 is 22.9 Å². The number of nitro groups is 1. The number of nitrogens with zero attached hydrogens (tertiary/aromatic N) is 2. The molecular weight excluding hydrogens is 304 g/mol. The van der Waals surface area contributed by atoms with Crippen molar-refractivity contribution in [3.8, 4) is 0 Å². The minimum atomic E-state index is -0.438. The highest BCUT2D eigenvalue weighted by atomic mass is 32.1. The van der Waals surface area contributed by atoms with Crippen LogP contribution < -0.4 is 11.1 Å². The number of non-ortho nitro benzene ring substituents is 1. The number of hydrogen-bond acceptors (Lipinski definition) is 6. The quantitative estimate of drug-likeness (QED) is 0.593. The summed E-state index contributed by atoms with van der Waals surface area (Å²) in [5.74, 6) is -0.221. The van der Waals surface area contributed by atoms with E-state index in [1.165, 1.54) is 23.5 Å². The Labute approximate surface area is 131 Å². The zero-order valence-corrected chi connectivity index (χ0v) is 12.6. The number of rotatable bonds is 7. The maximum Gasteiger partial charge on any atom is 0.270 e. The van der Waals surface area contributed by atoms with Crippen LogP contribution in [-0.4, -0.2) is 28.9 Å². The zero-order valence-electron chi connectivity index (χ0n) is 11.8. The predicted octanol–water partition coefficient (Wildman–Crippen LogP) is 1.53. The third-order valence-corrected chi connectivity index (χ3v) is 3.90. The second-order valence-corrected chi connectivity index (χ2v) is 5.54. The molecule has 0 saturated carbocycles. The lowest BCUT2D eigenvalue weighted by molar-refractivity contribution is -0.384. The second kappa shape index (κ2) is 7.62. The second-order valence-electron chi connectivity index (χ2n) is 4.59.